The van der Waals surface area contributed by atoms with Gasteiger partial charge in [0.05, 0.1) is 13.0 Å². The Morgan fingerprint density at radius 3 is 2.38 bits per heavy atom. The lowest BCUT2D eigenvalue weighted by atomic mass is 10.1. The Kier molecular flexibility index (Phi) is 6.63. The van der Waals surface area contributed by atoms with E-state index in [1.807, 2.05) is 32.0 Å². The third kappa shape index (κ3) is 5.26. The number of carbonyl (C=O) groups excluding carboxylic acids is 3. The van der Waals surface area contributed by atoms with Gasteiger partial charge in [-0.05, 0) is 67.4 Å². The van der Waals surface area contributed by atoms with Gasteiger partial charge in [-0.2, -0.15) is 0 Å². The van der Waals surface area contributed by atoms with Gasteiger partial charge < -0.3 is 19.7 Å². The second-order valence-corrected chi connectivity index (χ2v) is 8.39. The van der Waals surface area contributed by atoms with Crippen molar-refractivity contribution in [2.75, 3.05) is 23.9 Å². The number of carbonyl (C=O) groups is 3. The Labute approximate surface area is 198 Å². The number of hydrogen-bond acceptors (Lipinski definition) is 5. The van der Waals surface area contributed by atoms with Crippen LogP contribution in [0.2, 0.25) is 0 Å². The molecule has 3 aromatic rings. The fourth-order valence-corrected chi connectivity index (χ4v) is 4.03. The van der Waals surface area contributed by atoms with E-state index in [9.17, 15) is 14.4 Å². The molecule has 0 unspecified atom stereocenters. The summed E-state index contributed by atoms with van der Waals surface area (Å²) in [6, 6.07) is 19.3. The standard InChI is InChI=1S/C27H26N2O5/c1-17-10-18(2)12-22(11-17)29-16-20(14-25(29)30)27(32)34-24-9-5-7-21(15-24)28-26(31)19-6-4-8-23(13-19)33-3/h4-13,15,20H,14,16H2,1-3H3,(H,28,31)/t20-/m0/s1. The number of ether oxygens (including phenoxy) is 2. The highest BCUT2D eigenvalue weighted by molar-refractivity contribution is 6.04. The zero-order valence-electron chi connectivity index (χ0n) is 19.3. The van der Waals surface area contributed by atoms with Crippen molar-refractivity contribution in [2.45, 2.75) is 20.3 Å². The number of esters is 1. The maximum Gasteiger partial charge on any atom is 0.316 e. The molecule has 1 aliphatic heterocycles. The summed E-state index contributed by atoms with van der Waals surface area (Å²) in [5.41, 5.74) is 3.83. The zero-order chi connectivity index (χ0) is 24.2. The van der Waals surface area contributed by atoms with E-state index in [-0.39, 0.29) is 24.8 Å². The quantitative estimate of drug-likeness (QED) is 0.434. The molecule has 2 amide bonds. The third-order valence-electron chi connectivity index (χ3n) is 5.62. The lowest BCUT2D eigenvalue weighted by Gasteiger charge is -2.18. The molecule has 7 nitrogen and oxygen atoms in total. The number of benzene rings is 3. The molecule has 0 bridgehead atoms. The van der Waals surface area contributed by atoms with Crippen LogP contribution in [0.5, 0.6) is 11.5 Å². The Hall–Kier alpha value is -4.13. The molecule has 34 heavy (non-hydrogen) atoms. The van der Waals surface area contributed by atoms with Gasteiger partial charge in [-0.3, -0.25) is 14.4 Å². The fourth-order valence-electron chi connectivity index (χ4n) is 4.03. The van der Waals surface area contributed by atoms with Gasteiger partial charge in [-0.15, -0.1) is 0 Å². The average Bonchev–Trinajstić information content (AvgIpc) is 3.20. The summed E-state index contributed by atoms with van der Waals surface area (Å²) in [4.78, 5) is 39.6. The van der Waals surface area contributed by atoms with Crippen molar-refractivity contribution in [3.8, 4) is 11.5 Å². The van der Waals surface area contributed by atoms with Gasteiger partial charge in [0.15, 0.2) is 0 Å². The predicted octanol–water partition coefficient (Wildman–Crippen LogP) is 4.52. The van der Waals surface area contributed by atoms with Crippen LogP contribution in [0.1, 0.15) is 27.9 Å². The molecule has 0 aromatic heterocycles. The van der Waals surface area contributed by atoms with E-state index >= 15 is 0 Å². The third-order valence-corrected chi connectivity index (χ3v) is 5.62. The number of nitrogens with one attached hydrogen (secondary N) is 1. The molecule has 3 aromatic carbocycles. The molecule has 1 N–H and O–H groups in total. The van der Waals surface area contributed by atoms with E-state index in [0.29, 0.717) is 22.7 Å². The molecule has 1 aliphatic rings. The Bertz CT molecular complexity index is 1230. The van der Waals surface area contributed by atoms with Gasteiger partial charge in [0.25, 0.3) is 5.91 Å². The molecule has 0 aliphatic carbocycles. The van der Waals surface area contributed by atoms with Crippen molar-refractivity contribution >= 4 is 29.2 Å². The first-order valence-electron chi connectivity index (χ1n) is 11.0. The van der Waals surface area contributed by atoms with Gasteiger partial charge in [-0.1, -0.05) is 18.2 Å². The van der Waals surface area contributed by atoms with E-state index < -0.39 is 11.9 Å². The second kappa shape index (κ2) is 9.79. The van der Waals surface area contributed by atoms with Gasteiger partial charge in [0.2, 0.25) is 5.91 Å². The van der Waals surface area contributed by atoms with Crippen molar-refractivity contribution in [2.24, 2.45) is 5.92 Å². The van der Waals surface area contributed by atoms with Crippen molar-refractivity contribution < 1.29 is 23.9 Å². The smallest absolute Gasteiger partial charge is 0.316 e. The minimum atomic E-state index is -0.566. The van der Waals surface area contributed by atoms with Crippen LogP contribution in [-0.2, 0) is 9.59 Å². The van der Waals surface area contributed by atoms with Gasteiger partial charge in [-0.25, -0.2) is 0 Å². The molecule has 1 heterocycles. The van der Waals surface area contributed by atoms with E-state index in [0.717, 1.165) is 16.8 Å². The summed E-state index contributed by atoms with van der Waals surface area (Å²) in [5, 5.41) is 2.79. The highest BCUT2D eigenvalue weighted by Crippen LogP contribution is 2.28. The van der Waals surface area contributed by atoms with Crippen molar-refractivity contribution in [3.63, 3.8) is 0 Å². The molecular formula is C27H26N2O5. The highest BCUT2D eigenvalue weighted by atomic mass is 16.5. The summed E-state index contributed by atoms with van der Waals surface area (Å²) in [6.07, 6.45) is 0.0953. The lowest BCUT2D eigenvalue weighted by Crippen LogP contribution is -2.27. The molecule has 1 atom stereocenters. The Morgan fingerprint density at radius 1 is 0.941 bits per heavy atom. The topological polar surface area (TPSA) is 84.9 Å². The van der Waals surface area contributed by atoms with Gasteiger partial charge in [0, 0.05) is 36.0 Å². The van der Waals surface area contributed by atoms with Gasteiger partial charge in [0.1, 0.15) is 11.5 Å². The first-order chi connectivity index (χ1) is 16.3. The molecule has 7 heteroatoms. The number of anilines is 2. The van der Waals surface area contributed by atoms with Crippen LogP contribution in [-0.4, -0.2) is 31.4 Å². The zero-order valence-corrected chi connectivity index (χ0v) is 19.3. The molecule has 4 rings (SSSR count). The molecule has 0 saturated carbocycles. The monoisotopic (exact) mass is 458 g/mol. The SMILES string of the molecule is COc1cccc(C(=O)Nc2cccc(OC(=O)[C@H]3CC(=O)N(c4cc(C)cc(C)c4)C3)c2)c1. The maximum absolute atomic E-state index is 12.8. The van der Waals surface area contributed by atoms with Crippen LogP contribution >= 0.6 is 0 Å². The molecule has 1 saturated heterocycles. The van der Waals surface area contributed by atoms with Crippen LogP contribution in [0.3, 0.4) is 0 Å². The maximum atomic E-state index is 12.8. The van der Waals surface area contributed by atoms with Crippen molar-refractivity contribution in [3.05, 3.63) is 83.4 Å². The number of methoxy groups -OCH3 is 1. The van der Waals surface area contributed by atoms with Crippen LogP contribution in [0.4, 0.5) is 11.4 Å². The lowest BCUT2D eigenvalue weighted by molar-refractivity contribution is -0.139. The average molecular weight is 459 g/mol. The molecule has 1 fully saturated rings. The number of rotatable bonds is 6. The summed E-state index contributed by atoms with van der Waals surface area (Å²) in [6.45, 7) is 4.22. The normalized spacial score (nSPS) is 15.2. The van der Waals surface area contributed by atoms with Crippen LogP contribution in [0.25, 0.3) is 0 Å². The second-order valence-electron chi connectivity index (χ2n) is 8.39. The number of amides is 2. The first kappa shape index (κ1) is 23.0. The largest absolute Gasteiger partial charge is 0.497 e. The first-order valence-corrected chi connectivity index (χ1v) is 11.0. The summed E-state index contributed by atoms with van der Waals surface area (Å²) < 4.78 is 10.7. The van der Waals surface area contributed by atoms with Crippen LogP contribution in [0.15, 0.2) is 66.7 Å². The molecule has 0 radical (unpaired) electrons. The Morgan fingerprint density at radius 2 is 1.65 bits per heavy atom. The summed E-state index contributed by atoms with van der Waals surface area (Å²) in [5.74, 6) is -0.582. The minimum Gasteiger partial charge on any atom is -0.497 e. The number of aryl methyl sites for hydroxylation is 2. The molecule has 174 valence electrons. The summed E-state index contributed by atoms with van der Waals surface area (Å²) >= 11 is 0. The van der Waals surface area contributed by atoms with Crippen molar-refractivity contribution in [1.29, 1.82) is 0 Å². The fraction of sp³-hybridized carbons (Fsp3) is 0.222. The number of hydrogen-bond donors (Lipinski definition) is 1. The molecule has 0 spiro atoms. The highest BCUT2D eigenvalue weighted by Gasteiger charge is 2.36. The minimum absolute atomic E-state index is 0.0953. The predicted molar refractivity (Wildman–Crippen MR) is 129 cm³/mol. The van der Waals surface area contributed by atoms with Gasteiger partial charge >= 0.3 is 5.97 Å². The van der Waals surface area contributed by atoms with E-state index in [1.54, 1.807) is 53.4 Å². The van der Waals surface area contributed by atoms with Crippen LogP contribution < -0.4 is 19.7 Å². The molecular weight excluding hydrogens is 432 g/mol. The Balaban J connectivity index is 1.41. The van der Waals surface area contributed by atoms with E-state index in [4.69, 9.17) is 9.47 Å². The van der Waals surface area contributed by atoms with E-state index in [2.05, 4.69) is 5.32 Å². The van der Waals surface area contributed by atoms with Crippen LogP contribution in [0, 0.1) is 19.8 Å². The van der Waals surface area contributed by atoms with E-state index in [1.165, 1.54) is 7.11 Å². The number of nitrogens with zero attached hydrogens (tertiary/aromatic N) is 1. The van der Waals surface area contributed by atoms with Crippen molar-refractivity contribution in [1.82, 2.24) is 0 Å². The summed E-state index contributed by atoms with van der Waals surface area (Å²) in [7, 11) is 1.54.